The fourth-order valence-electron chi connectivity index (χ4n) is 3.94. The average molecular weight is 252 g/mol. The van der Waals surface area contributed by atoms with Gasteiger partial charge in [-0.15, -0.1) is 0 Å². The smallest absolute Gasteiger partial charge is 0.00980 e. The molecule has 1 aliphatic heterocycles. The summed E-state index contributed by atoms with van der Waals surface area (Å²) in [6.07, 6.45) is 6.91. The monoisotopic (exact) mass is 252 g/mol. The number of nitrogens with zero attached hydrogens (tertiary/aromatic N) is 1. The van der Waals surface area contributed by atoms with Gasteiger partial charge in [0, 0.05) is 18.1 Å². The molecule has 0 radical (unpaired) electrons. The number of likely N-dealkylation sites (tertiary alicyclic amines) is 1. The van der Waals surface area contributed by atoms with Crippen molar-refractivity contribution in [2.75, 3.05) is 13.1 Å². The van der Waals surface area contributed by atoms with Crippen molar-refractivity contribution >= 4 is 0 Å². The van der Waals surface area contributed by atoms with Crippen molar-refractivity contribution in [1.29, 1.82) is 0 Å². The Morgan fingerprint density at radius 3 is 2.28 bits per heavy atom. The molecule has 0 spiro atoms. The van der Waals surface area contributed by atoms with Crippen molar-refractivity contribution in [3.05, 3.63) is 0 Å². The largest absolute Gasteiger partial charge is 0.311 e. The van der Waals surface area contributed by atoms with Gasteiger partial charge < -0.3 is 10.2 Å². The van der Waals surface area contributed by atoms with E-state index in [-0.39, 0.29) is 0 Å². The first-order chi connectivity index (χ1) is 8.61. The number of hydrogen-bond donors (Lipinski definition) is 1. The molecule has 0 aromatic heterocycles. The van der Waals surface area contributed by atoms with E-state index in [1.807, 2.05) is 0 Å². The maximum atomic E-state index is 3.96. The predicted octanol–water partition coefficient (Wildman–Crippen LogP) is 3.27. The van der Waals surface area contributed by atoms with E-state index in [2.05, 4.69) is 37.9 Å². The van der Waals surface area contributed by atoms with Crippen LogP contribution in [0.25, 0.3) is 0 Å². The molecule has 1 N–H and O–H groups in total. The molecular formula is C16H32N2. The third-order valence-corrected chi connectivity index (χ3v) is 5.46. The van der Waals surface area contributed by atoms with E-state index in [0.717, 1.165) is 30.0 Å². The molecule has 106 valence electrons. The Kier molecular flexibility index (Phi) is 5.08. The van der Waals surface area contributed by atoms with Gasteiger partial charge in [-0.2, -0.15) is 0 Å². The SMILES string of the molecule is CCC1CCC(NC2CCN(C(C)C)CC2)C1C. The summed E-state index contributed by atoms with van der Waals surface area (Å²) in [5.74, 6) is 1.86. The highest BCUT2D eigenvalue weighted by atomic mass is 15.2. The minimum Gasteiger partial charge on any atom is -0.311 e. The van der Waals surface area contributed by atoms with Crippen molar-refractivity contribution in [1.82, 2.24) is 10.2 Å². The molecule has 1 saturated carbocycles. The molecule has 1 saturated heterocycles. The second kappa shape index (κ2) is 6.38. The van der Waals surface area contributed by atoms with Gasteiger partial charge in [-0.25, -0.2) is 0 Å². The molecular weight excluding hydrogens is 220 g/mol. The second-order valence-corrected chi connectivity index (χ2v) is 6.78. The Morgan fingerprint density at radius 1 is 1.11 bits per heavy atom. The van der Waals surface area contributed by atoms with Gasteiger partial charge in [0.05, 0.1) is 0 Å². The second-order valence-electron chi connectivity index (χ2n) is 6.78. The molecule has 2 heteroatoms. The summed E-state index contributed by atoms with van der Waals surface area (Å²) < 4.78 is 0. The Bertz CT molecular complexity index is 243. The predicted molar refractivity (Wildman–Crippen MR) is 78.8 cm³/mol. The molecule has 18 heavy (non-hydrogen) atoms. The molecule has 3 unspecified atom stereocenters. The van der Waals surface area contributed by atoms with Crippen molar-refractivity contribution < 1.29 is 0 Å². The average Bonchev–Trinajstić information content (AvgIpc) is 2.71. The number of nitrogens with one attached hydrogen (secondary N) is 1. The zero-order valence-corrected chi connectivity index (χ0v) is 12.8. The van der Waals surface area contributed by atoms with E-state index in [0.29, 0.717) is 0 Å². The minimum atomic E-state index is 0.723. The van der Waals surface area contributed by atoms with Crippen LogP contribution in [-0.4, -0.2) is 36.1 Å². The number of piperidine rings is 1. The summed E-state index contributed by atoms with van der Waals surface area (Å²) in [6.45, 7) is 12.0. The number of hydrogen-bond acceptors (Lipinski definition) is 2. The maximum absolute atomic E-state index is 3.96. The van der Waals surface area contributed by atoms with Gasteiger partial charge in [0.15, 0.2) is 0 Å². The van der Waals surface area contributed by atoms with Gasteiger partial charge in [-0.05, 0) is 64.5 Å². The summed E-state index contributed by atoms with van der Waals surface area (Å²) in [7, 11) is 0. The van der Waals surface area contributed by atoms with Gasteiger partial charge in [0.25, 0.3) is 0 Å². The minimum absolute atomic E-state index is 0.723. The highest BCUT2D eigenvalue weighted by molar-refractivity contribution is 4.90. The van der Waals surface area contributed by atoms with Crippen LogP contribution in [0.15, 0.2) is 0 Å². The van der Waals surface area contributed by atoms with Crippen LogP contribution in [-0.2, 0) is 0 Å². The lowest BCUT2D eigenvalue weighted by molar-refractivity contribution is 0.152. The quantitative estimate of drug-likeness (QED) is 0.826. The summed E-state index contributed by atoms with van der Waals surface area (Å²) in [4.78, 5) is 2.62. The summed E-state index contributed by atoms with van der Waals surface area (Å²) in [5.41, 5.74) is 0. The molecule has 1 heterocycles. The first-order valence-corrected chi connectivity index (χ1v) is 8.12. The first kappa shape index (κ1) is 14.3. The number of rotatable bonds is 4. The van der Waals surface area contributed by atoms with Crippen LogP contribution in [0.1, 0.15) is 59.8 Å². The maximum Gasteiger partial charge on any atom is 0.00980 e. The summed E-state index contributed by atoms with van der Waals surface area (Å²) in [6, 6.07) is 2.30. The third kappa shape index (κ3) is 3.27. The van der Waals surface area contributed by atoms with E-state index in [1.54, 1.807) is 0 Å². The molecule has 0 amide bonds. The van der Waals surface area contributed by atoms with E-state index < -0.39 is 0 Å². The standard InChI is InChI=1S/C16H32N2/c1-5-14-6-7-16(13(14)4)17-15-8-10-18(11-9-15)12(2)3/h12-17H,5-11H2,1-4H3. The molecule has 2 nitrogen and oxygen atoms in total. The third-order valence-electron chi connectivity index (χ3n) is 5.46. The van der Waals surface area contributed by atoms with Crippen molar-refractivity contribution in [3.63, 3.8) is 0 Å². The van der Waals surface area contributed by atoms with Crippen LogP contribution in [0.2, 0.25) is 0 Å². The molecule has 0 aromatic carbocycles. The molecule has 0 bridgehead atoms. The van der Waals surface area contributed by atoms with Crippen LogP contribution < -0.4 is 5.32 Å². The molecule has 0 aromatic rings. The Hall–Kier alpha value is -0.0800. The Labute approximate surface area is 114 Å². The summed E-state index contributed by atoms with van der Waals surface area (Å²) in [5, 5.41) is 3.96. The lowest BCUT2D eigenvalue weighted by Gasteiger charge is -2.37. The van der Waals surface area contributed by atoms with Crippen LogP contribution >= 0.6 is 0 Å². The van der Waals surface area contributed by atoms with Gasteiger partial charge in [0.1, 0.15) is 0 Å². The molecule has 2 rings (SSSR count). The van der Waals surface area contributed by atoms with E-state index in [9.17, 15) is 0 Å². The molecule has 2 fully saturated rings. The highest BCUT2D eigenvalue weighted by Gasteiger charge is 2.33. The summed E-state index contributed by atoms with van der Waals surface area (Å²) >= 11 is 0. The molecule has 1 aliphatic carbocycles. The molecule has 2 aliphatic rings. The van der Waals surface area contributed by atoms with Crippen molar-refractivity contribution in [2.45, 2.75) is 77.9 Å². The van der Waals surface area contributed by atoms with Gasteiger partial charge >= 0.3 is 0 Å². The van der Waals surface area contributed by atoms with E-state index in [1.165, 1.54) is 45.2 Å². The van der Waals surface area contributed by atoms with Gasteiger partial charge in [-0.1, -0.05) is 20.3 Å². The highest BCUT2D eigenvalue weighted by Crippen LogP contribution is 2.34. The molecule has 3 atom stereocenters. The lowest BCUT2D eigenvalue weighted by atomic mass is 9.92. The first-order valence-electron chi connectivity index (χ1n) is 8.12. The van der Waals surface area contributed by atoms with Crippen LogP contribution in [0.5, 0.6) is 0 Å². The Morgan fingerprint density at radius 2 is 1.78 bits per heavy atom. The lowest BCUT2D eigenvalue weighted by Crippen LogP contribution is -2.48. The van der Waals surface area contributed by atoms with Crippen LogP contribution in [0.4, 0.5) is 0 Å². The van der Waals surface area contributed by atoms with E-state index >= 15 is 0 Å². The Balaban J connectivity index is 1.75. The van der Waals surface area contributed by atoms with Gasteiger partial charge in [-0.3, -0.25) is 0 Å². The fraction of sp³-hybridized carbons (Fsp3) is 1.00. The zero-order valence-electron chi connectivity index (χ0n) is 12.8. The van der Waals surface area contributed by atoms with Crippen molar-refractivity contribution in [3.8, 4) is 0 Å². The van der Waals surface area contributed by atoms with Crippen molar-refractivity contribution in [2.24, 2.45) is 11.8 Å². The normalized spacial score (nSPS) is 35.5. The van der Waals surface area contributed by atoms with E-state index in [4.69, 9.17) is 0 Å². The van der Waals surface area contributed by atoms with Crippen LogP contribution in [0, 0.1) is 11.8 Å². The fourth-order valence-corrected chi connectivity index (χ4v) is 3.94. The zero-order chi connectivity index (χ0) is 13.1. The van der Waals surface area contributed by atoms with Crippen LogP contribution in [0.3, 0.4) is 0 Å². The topological polar surface area (TPSA) is 15.3 Å². The van der Waals surface area contributed by atoms with Gasteiger partial charge in [0.2, 0.25) is 0 Å².